The fourth-order valence-electron chi connectivity index (χ4n) is 3.42. The Morgan fingerprint density at radius 3 is 2.55 bits per heavy atom. The molecule has 2 aromatic rings. The van der Waals surface area contributed by atoms with Gasteiger partial charge < -0.3 is 0 Å². The molecule has 0 bridgehead atoms. The van der Waals surface area contributed by atoms with E-state index in [-0.39, 0.29) is 7.92 Å². The zero-order valence-electron chi connectivity index (χ0n) is 12.4. The molecule has 0 nitrogen and oxygen atoms in total. The first-order valence-electron chi connectivity index (χ1n) is 7.23. The zero-order valence-corrected chi connectivity index (χ0v) is 14.3. The Kier molecular flexibility index (Phi) is 4.25. The van der Waals surface area contributed by atoms with E-state index in [0.29, 0.717) is 5.66 Å². The monoisotopic (exact) mass is 300 g/mol. The summed E-state index contributed by atoms with van der Waals surface area (Å²) in [4.78, 5) is 0. The number of hydrogen-bond acceptors (Lipinski definition) is 0. The van der Waals surface area contributed by atoms with Crippen LogP contribution in [0.1, 0.15) is 33.6 Å². The predicted octanol–water partition coefficient (Wildman–Crippen LogP) is 5.71. The summed E-state index contributed by atoms with van der Waals surface area (Å²) in [6.45, 7) is 7.13. The molecule has 0 radical (unpaired) electrons. The van der Waals surface area contributed by atoms with Crippen molar-refractivity contribution >= 4 is 16.5 Å². The maximum atomic E-state index is 2.49. The highest BCUT2D eigenvalue weighted by Gasteiger charge is 2.35. The fraction of sp³-hybridized carbons (Fsp3) is 0.333. The molecule has 0 saturated carbocycles. The number of rotatable bonds is 3. The van der Waals surface area contributed by atoms with Gasteiger partial charge >= 0.3 is 0 Å². The summed E-state index contributed by atoms with van der Waals surface area (Å²) in [5.41, 5.74) is 7.72. The van der Waals surface area contributed by atoms with Crippen LogP contribution in [0.4, 0.5) is 0 Å². The second-order valence-electron chi connectivity index (χ2n) is 5.68. The standard InChI is InChI=1S/C18H22P2/c1-13-8-4-6-10-15(13)17(19-2)18-16-11-7-5-9-14(16)12-20(18)3/h4-11,17-19H,12H2,1-3H3/t17?,18-,20+/m0/s1. The first-order chi connectivity index (χ1) is 9.72. The summed E-state index contributed by atoms with van der Waals surface area (Å²) >= 11 is 0. The lowest BCUT2D eigenvalue weighted by Crippen LogP contribution is -2.04. The van der Waals surface area contributed by atoms with Crippen LogP contribution < -0.4 is 0 Å². The summed E-state index contributed by atoms with van der Waals surface area (Å²) in [5.74, 6) is 0. The Labute approximate surface area is 125 Å². The van der Waals surface area contributed by atoms with Gasteiger partial charge in [0.1, 0.15) is 0 Å². The van der Waals surface area contributed by atoms with E-state index in [4.69, 9.17) is 0 Å². The van der Waals surface area contributed by atoms with Gasteiger partial charge in [-0.2, -0.15) is 0 Å². The maximum absolute atomic E-state index is 2.49. The average Bonchev–Trinajstić information content (AvgIpc) is 2.78. The van der Waals surface area contributed by atoms with Crippen LogP contribution in [0.5, 0.6) is 0 Å². The number of benzene rings is 2. The fourth-order valence-corrected chi connectivity index (χ4v) is 8.18. The lowest BCUT2D eigenvalue weighted by Gasteiger charge is -2.29. The van der Waals surface area contributed by atoms with Gasteiger partial charge in [-0.15, -0.1) is 8.58 Å². The van der Waals surface area contributed by atoms with Crippen molar-refractivity contribution < 1.29 is 0 Å². The minimum Gasteiger partial charge on any atom is -0.116 e. The lowest BCUT2D eigenvalue weighted by molar-refractivity contribution is 0.889. The lowest BCUT2D eigenvalue weighted by atomic mass is 9.97. The highest BCUT2D eigenvalue weighted by atomic mass is 31.1. The van der Waals surface area contributed by atoms with Crippen LogP contribution in [0.15, 0.2) is 48.5 Å². The molecule has 2 aromatic carbocycles. The minimum atomic E-state index is 0.0704. The van der Waals surface area contributed by atoms with E-state index in [1.807, 2.05) is 0 Å². The summed E-state index contributed by atoms with van der Waals surface area (Å²) < 4.78 is 0. The van der Waals surface area contributed by atoms with E-state index in [0.717, 1.165) is 14.2 Å². The molecular formula is C18H22P2. The van der Waals surface area contributed by atoms with Crippen LogP contribution in [-0.4, -0.2) is 13.3 Å². The van der Waals surface area contributed by atoms with E-state index in [9.17, 15) is 0 Å². The molecule has 1 heterocycles. The van der Waals surface area contributed by atoms with Crippen molar-refractivity contribution in [3.05, 3.63) is 70.8 Å². The highest BCUT2D eigenvalue weighted by molar-refractivity contribution is 7.57. The Bertz CT molecular complexity index is 606. The van der Waals surface area contributed by atoms with Crippen LogP contribution in [0.25, 0.3) is 0 Å². The molecular weight excluding hydrogens is 278 g/mol. The average molecular weight is 300 g/mol. The van der Waals surface area contributed by atoms with Crippen LogP contribution in [0.3, 0.4) is 0 Å². The van der Waals surface area contributed by atoms with E-state index >= 15 is 0 Å². The second kappa shape index (κ2) is 5.97. The molecule has 0 spiro atoms. The molecule has 20 heavy (non-hydrogen) atoms. The predicted molar refractivity (Wildman–Crippen MR) is 93.9 cm³/mol. The van der Waals surface area contributed by atoms with E-state index in [2.05, 4.69) is 68.8 Å². The molecule has 0 aliphatic carbocycles. The maximum Gasteiger partial charge on any atom is 0.0151 e. The van der Waals surface area contributed by atoms with Crippen molar-refractivity contribution in [2.45, 2.75) is 24.4 Å². The molecule has 0 saturated heterocycles. The molecule has 0 N–H and O–H groups in total. The van der Waals surface area contributed by atoms with Gasteiger partial charge in [-0.1, -0.05) is 56.5 Å². The van der Waals surface area contributed by atoms with Gasteiger partial charge in [0.25, 0.3) is 0 Å². The molecule has 4 atom stereocenters. The number of hydrogen-bond donors (Lipinski definition) is 0. The molecule has 1 aliphatic rings. The Balaban J connectivity index is 2.04. The summed E-state index contributed by atoms with van der Waals surface area (Å²) in [6.07, 6.45) is 1.31. The second-order valence-corrected chi connectivity index (χ2v) is 9.27. The third-order valence-corrected chi connectivity index (χ3v) is 8.33. The molecule has 104 valence electrons. The quantitative estimate of drug-likeness (QED) is 0.637. The van der Waals surface area contributed by atoms with Crippen molar-refractivity contribution in [3.63, 3.8) is 0 Å². The van der Waals surface area contributed by atoms with E-state index in [1.165, 1.54) is 11.7 Å². The Hall–Kier alpha value is -0.700. The molecule has 0 fully saturated rings. The van der Waals surface area contributed by atoms with Gasteiger partial charge in [-0.3, -0.25) is 0 Å². The molecule has 2 heteroatoms. The molecule has 1 aliphatic heterocycles. The van der Waals surface area contributed by atoms with Crippen molar-refractivity contribution in [1.29, 1.82) is 0 Å². The van der Waals surface area contributed by atoms with Crippen LogP contribution >= 0.6 is 16.5 Å². The molecule has 3 rings (SSSR count). The summed E-state index contributed by atoms with van der Waals surface area (Å²) in [5, 5.41) is 0. The SMILES string of the molecule is CPC(c1ccccc1C)[C@@H]1c2ccccc2C[P@@]1C. The van der Waals surface area contributed by atoms with Crippen molar-refractivity contribution in [2.24, 2.45) is 0 Å². The van der Waals surface area contributed by atoms with Crippen molar-refractivity contribution in [2.75, 3.05) is 13.3 Å². The van der Waals surface area contributed by atoms with Gasteiger partial charge in [0.05, 0.1) is 0 Å². The van der Waals surface area contributed by atoms with Crippen LogP contribution in [-0.2, 0) is 6.16 Å². The van der Waals surface area contributed by atoms with Gasteiger partial charge in [0.2, 0.25) is 0 Å². The Morgan fingerprint density at radius 1 is 1.10 bits per heavy atom. The number of aryl methyl sites for hydroxylation is 1. The number of fused-ring (bicyclic) bond motifs is 1. The van der Waals surface area contributed by atoms with E-state index < -0.39 is 0 Å². The normalized spacial score (nSPS) is 23.1. The minimum absolute atomic E-state index is 0.0704. The topological polar surface area (TPSA) is 0 Å². The van der Waals surface area contributed by atoms with Gasteiger partial charge in [0, 0.05) is 11.3 Å². The Morgan fingerprint density at radius 2 is 1.80 bits per heavy atom. The molecule has 0 amide bonds. The van der Waals surface area contributed by atoms with Gasteiger partial charge in [0.15, 0.2) is 0 Å². The third-order valence-electron chi connectivity index (χ3n) is 4.42. The van der Waals surface area contributed by atoms with Gasteiger partial charge in [-0.25, -0.2) is 0 Å². The van der Waals surface area contributed by atoms with Crippen molar-refractivity contribution in [1.82, 2.24) is 0 Å². The van der Waals surface area contributed by atoms with Crippen LogP contribution in [0.2, 0.25) is 0 Å². The highest BCUT2D eigenvalue weighted by Crippen LogP contribution is 2.66. The van der Waals surface area contributed by atoms with Crippen molar-refractivity contribution in [3.8, 4) is 0 Å². The first-order valence-corrected chi connectivity index (χ1v) is 10.8. The first kappa shape index (κ1) is 14.2. The zero-order chi connectivity index (χ0) is 14.1. The summed E-state index contributed by atoms with van der Waals surface area (Å²) in [6, 6.07) is 18.1. The third kappa shape index (κ3) is 2.45. The van der Waals surface area contributed by atoms with Gasteiger partial charge in [-0.05, 0) is 48.7 Å². The molecule has 2 unspecified atom stereocenters. The summed E-state index contributed by atoms with van der Waals surface area (Å²) in [7, 11) is 1.04. The largest absolute Gasteiger partial charge is 0.116 e. The van der Waals surface area contributed by atoms with E-state index in [1.54, 1.807) is 16.7 Å². The molecule has 0 aromatic heterocycles. The smallest absolute Gasteiger partial charge is 0.0151 e. The van der Waals surface area contributed by atoms with Crippen LogP contribution in [0, 0.1) is 6.92 Å².